The van der Waals surface area contributed by atoms with E-state index >= 15 is 0 Å². The normalized spacial score (nSPS) is 15.5. The fourth-order valence-electron chi connectivity index (χ4n) is 3.10. The minimum Gasteiger partial charge on any atom is -0.293 e. The first-order valence-electron chi connectivity index (χ1n) is 9.23. The second-order valence-corrected chi connectivity index (χ2v) is 8.23. The second kappa shape index (κ2) is 8.31. The van der Waals surface area contributed by atoms with Crippen molar-refractivity contribution in [2.24, 2.45) is 0 Å². The topological polar surface area (TPSA) is 38.1 Å². The zero-order valence-corrected chi connectivity index (χ0v) is 17.3. The van der Waals surface area contributed by atoms with E-state index in [0.29, 0.717) is 21.5 Å². The lowest BCUT2D eigenvalue weighted by Gasteiger charge is -2.11. The summed E-state index contributed by atoms with van der Waals surface area (Å²) in [6.07, 6.45) is 4.53. The highest BCUT2D eigenvalue weighted by atomic mass is 32.2. The summed E-state index contributed by atoms with van der Waals surface area (Å²) in [6.45, 7) is 2.62. The summed E-state index contributed by atoms with van der Waals surface area (Å²) in [5, 5.41) is 4.70. The Balaban J connectivity index is 1.79. The highest BCUT2D eigenvalue weighted by Crippen LogP contribution is 2.35. The summed E-state index contributed by atoms with van der Waals surface area (Å²) in [6, 6.07) is 15.9. The van der Waals surface area contributed by atoms with Crippen molar-refractivity contribution in [3.05, 3.63) is 77.1 Å². The van der Waals surface area contributed by atoms with Gasteiger partial charge in [0.1, 0.15) is 10.1 Å². The van der Waals surface area contributed by atoms with Gasteiger partial charge in [-0.1, -0.05) is 49.1 Å². The van der Waals surface area contributed by atoms with Gasteiger partial charge in [-0.3, -0.25) is 9.69 Å². The smallest absolute Gasteiger partial charge is 0.266 e. The minimum atomic E-state index is -0.307. The average Bonchev–Trinajstić information content (AvgIpc) is 3.26. The molecule has 2 aromatic carbocycles. The number of amides is 1. The fourth-order valence-corrected chi connectivity index (χ4v) is 4.40. The van der Waals surface area contributed by atoms with Gasteiger partial charge in [-0.05, 0) is 48.9 Å². The zero-order valence-electron chi connectivity index (χ0n) is 15.7. The van der Waals surface area contributed by atoms with Crippen LogP contribution in [0.2, 0.25) is 0 Å². The van der Waals surface area contributed by atoms with Crippen LogP contribution in [0.3, 0.4) is 0 Å². The highest BCUT2D eigenvalue weighted by Gasteiger charge is 2.31. The predicted octanol–water partition coefficient (Wildman–Crippen LogP) is 5.29. The van der Waals surface area contributed by atoms with Crippen LogP contribution in [0.4, 0.5) is 4.39 Å². The van der Waals surface area contributed by atoms with Crippen molar-refractivity contribution in [2.45, 2.75) is 13.3 Å². The van der Waals surface area contributed by atoms with Gasteiger partial charge in [-0.15, -0.1) is 0 Å². The first-order valence-corrected chi connectivity index (χ1v) is 10.5. The number of benzene rings is 2. The van der Waals surface area contributed by atoms with Crippen LogP contribution < -0.4 is 0 Å². The molecule has 0 N–H and O–H groups in total. The lowest BCUT2D eigenvalue weighted by atomic mass is 10.1. The van der Waals surface area contributed by atoms with Crippen LogP contribution in [0, 0.1) is 5.82 Å². The van der Waals surface area contributed by atoms with Crippen molar-refractivity contribution in [1.82, 2.24) is 14.7 Å². The Morgan fingerprint density at radius 2 is 1.86 bits per heavy atom. The first-order chi connectivity index (χ1) is 14.1. The zero-order chi connectivity index (χ0) is 20.4. The molecule has 0 aliphatic carbocycles. The molecule has 7 heteroatoms. The summed E-state index contributed by atoms with van der Waals surface area (Å²) >= 11 is 6.66. The van der Waals surface area contributed by atoms with Crippen LogP contribution in [0.25, 0.3) is 23.0 Å². The van der Waals surface area contributed by atoms with E-state index in [1.54, 1.807) is 21.7 Å². The number of hydrogen-bond acceptors (Lipinski definition) is 4. The molecule has 4 rings (SSSR count). The number of hydrogen-bond donors (Lipinski definition) is 0. The minimum absolute atomic E-state index is 0.0839. The number of aromatic nitrogens is 2. The third-order valence-corrected chi connectivity index (χ3v) is 5.87. The Morgan fingerprint density at radius 1 is 1.14 bits per heavy atom. The van der Waals surface area contributed by atoms with Crippen LogP contribution in [0.5, 0.6) is 0 Å². The van der Waals surface area contributed by atoms with E-state index in [1.165, 1.54) is 23.9 Å². The van der Waals surface area contributed by atoms with E-state index in [1.807, 2.05) is 49.5 Å². The highest BCUT2D eigenvalue weighted by molar-refractivity contribution is 8.26. The van der Waals surface area contributed by atoms with E-state index in [9.17, 15) is 9.18 Å². The second-order valence-electron chi connectivity index (χ2n) is 6.55. The van der Waals surface area contributed by atoms with Gasteiger partial charge in [-0.2, -0.15) is 5.10 Å². The van der Waals surface area contributed by atoms with Crippen LogP contribution in [0.1, 0.15) is 18.9 Å². The van der Waals surface area contributed by atoms with Crippen molar-refractivity contribution >= 4 is 40.3 Å². The molecule has 0 radical (unpaired) electrons. The number of thiocarbonyl (C=S) groups is 1. The largest absolute Gasteiger partial charge is 0.293 e. The molecule has 2 heterocycles. The molecule has 1 saturated heterocycles. The van der Waals surface area contributed by atoms with E-state index in [4.69, 9.17) is 17.3 Å². The molecule has 4 nitrogen and oxygen atoms in total. The molecule has 0 spiro atoms. The first kappa shape index (κ1) is 19.5. The van der Waals surface area contributed by atoms with E-state index in [2.05, 4.69) is 0 Å². The van der Waals surface area contributed by atoms with Gasteiger partial charge in [0.2, 0.25) is 0 Å². The van der Waals surface area contributed by atoms with Crippen molar-refractivity contribution in [2.75, 3.05) is 6.54 Å². The third kappa shape index (κ3) is 4.02. The maximum atomic E-state index is 13.4. The lowest BCUT2D eigenvalue weighted by Crippen LogP contribution is -2.28. The Kier molecular flexibility index (Phi) is 5.60. The van der Waals surface area contributed by atoms with Gasteiger partial charge >= 0.3 is 0 Å². The summed E-state index contributed by atoms with van der Waals surface area (Å²) in [4.78, 5) is 15.0. The molecule has 1 aromatic heterocycles. The Morgan fingerprint density at radius 3 is 2.55 bits per heavy atom. The molecule has 0 saturated carbocycles. The summed E-state index contributed by atoms with van der Waals surface area (Å²) in [7, 11) is 0. The number of halogens is 1. The molecule has 1 aliphatic rings. The molecular weight excluding hydrogens is 405 g/mol. The molecular formula is C22H18FN3OS2. The summed E-state index contributed by atoms with van der Waals surface area (Å²) in [5.41, 5.74) is 3.12. The molecule has 146 valence electrons. The molecule has 1 aliphatic heterocycles. The van der Waals surface area contributed by atoms with E-state index in [0.717, 1.165) is 23.2 Å². The van der Waals surface area contributed by atoms with Gasteiger partial charge in [0.15, 0.2) is 0 Å². The van der Waals surface area contributed by atoms with Crippen LogP contribution in [0.15, 0.2) is 65.7 Å². The van der Waals surface area contributed by atoms with Gasteiger partial charge < -0.3 is 0 Å². The average molecular weight is 424 g/mol. The van der Waals surface area contributed by atoms with Gasteiger partial charge in [-0.25, -0.2) is 9.07 Å². The number of nitrogens with zero attached hydrogens (tertiary/aromatic N) is 3. The Hall–Kier alpha value is -2.77. The Bertz CT molecular complexity index is 1090. The van der Waals surface area contributed by atoms with E-state index < -0.39 is 0 Å². The molecule has 0 atom stereocenters. The van der Waals surface area contributed by atoms with Crippen molar-refractivity contribution in [3.63, 3.8) is 0 Å². The predicted molar refractivity (Wildman–Crippen MR) is 119 cm³/mol. The Labute approximate surface area is 178 Å². The maximum absolute atomic E-state index is 13.4. The van der Waals surface area contributed by atoms with Crippen LogP contribution in [-0.4, -0.2) is 31.5 Å². The molecule has 1 fully saturated rings. The number of carbonyl (C=O) groups excluding carboxylic acids is 1. The van der Waals surface area contributed by atoms with Gasteiger partial charge in [0, 0.05) is 23.9 Å². The molecule has 0 unspecified atom stereocenters. The molecule has 0 bridgehead atoms. The maximum Gasteiger partial charge on any atom is 0.266 e. The standard InChI is InChI=1S/C22H18FN3OS2/c1-2-12-25-21(27)19(29-22(25)28)13-16-14-26(18-6-4-3-5-7-18)24-20(16)15-8-10-17(23)11-9-15/h3-11,13-14H,2,12H2,1H3/b19-13+. The van der Waals surface area contributed by atoms with Crippen molar-refractivity contribution in [3.8, 4) is 16.9 Å². The van der Waals surface area contributed by atoms with Crippen molar-refractivity contribution in [1.29, 1.82) is 0 Å². The van der Waals surface area contributed by atoms with Crippen LogP contribution >= 0.6 is 24.0 Å². The van der Waals surface area contributed by atoms with Crippen molar-refractivity contribution < 1.29 is 9.18 Å². The fraction of sp³-hybridized carbons (Fsp3) is 0.136. The summed E-state index contributed by atoms with van der Waals surface area (Å²) in [5.74, 6) is -0.391. The van der Waals surface area contributed by atoms with Crippen LogP contribution in [-0.2, 0) is 4.79 Å². The van der Waals surface area contributed by atoms with Gasteiger partial charge in [0.05, 0.1) is 16.3 Å². The monoisotopic (exact) mass is 423 g/mol. The third-order valence-electron chi connectivity index (χ3n) is 4.49. The quantitative estimate of drug-likeness (QED) is 0.413. The summed E-state index contributed by atoms with van der Waals surface area (Å²) < 4.78 is 15.7. The molecule has 1 amide bonds. The number of carbonyl (C=O) groups is 1. The SMILES string of the molecule is CCCN1C(=O)/C(=C\c2cn(-c3ccccc3)nc2-c2ccc(F)cc2)SC1=S. The number of thioether (sulfide) groups is 1. The van der Waals surface area contributed by atoms with Gasteiger partial charge in [0.25, 0.3) is 5.91 Å². The molecule has 29 heavy (non-hydrogen) atoms. The number of rotatable bonds is 5. The van der Waals surface area contributed by atoms with E-state index in [-0.39, 0.29) is 11.7 Å². The molecule has 3 aromatic rings. The lowest BCUT2D eigenvalue weighted by molar-refractivity contribution is -0.122. The number of para-hydroxylation sites is 1.